The van der Waals surface area contributed by atoms with Gasteiger partial charge >= 0.3 is 0 Å². The number of carbonyl (C=O) groups excluding carboxylic acids is 1. The lowest BCUT2D eigenvalue weighted by Gasteiger charge is -2.12. The minimum atomic E-state index is -3.72. The Kier molecular flexibility index (Phi) is 5.19. The predicted molar refractivity (Wildman–Crippen MR) is 93.5 cm³/mol. The summed E-state index contributed by atoms with van der Waals surface area (Å²) in [6.07, 6.45) is 4.20. The van der Waals surface area contributed by atoms with E-state index in [9.17, 15) is 13.2 Å². The van der Waals surface area contributed by atoms with Crippen LogP contribution in [-0.4, -0.2) is 30.6 Å². The third-order valence-corrected chi connectivity index (χ3v) is 5.70. The molecule has 134 valence electrons. The molecule has 0 spiro atoms. The third-order valence-electron chi connectivity index (χ3n) is 4.30. The first-order valence-corrected chi connectivity index (χ1v) is 9.84. The lowest BCUT2D eigenvalue weighted by molar-refractivity contribution is 0.0937. The lowest BCUT2D eigenvalue weighted by atomic mass is 10.2. The van der Waals surface area contributed by atoms with Gasteiger partial charge in [-0.3, -0.25) is 9.89 Å². The average molecular weight is 362 g/mol. The zero-order valence-corrected chi connectivity index (χ0v) is 14.9. The number of aromatic nitrogens is 2. The molecule has 1 fully saturated rings. The van der Waals surface area contributed by atoms with E-state index in [0.717, 1.165) is 31.4 Å². The van der Waals surface area contributed by atoms with E-state index >= 15 is 0 Å². The van der Waals surface area contributed by atoms with Gasteiger partial charge in [0.15, 0.2) is 0 Å². The lowest BCUT2D eigenvalue weighted by Crippen LogP contribution is -2.32. The molecule has 7 nitrogen and oxygen atoms in total. The standard InChI is InChI=1S/C17H22N4O3S/c1-12-9-15(21-20-12)11-18-25(23,24)16-8-4-5-13(10-16)17(22)19-14-6-2-3-7-14/h4-5,8-10,14,18H,2-3,6-7,11H2,1H3,(H,19,22)(H,20,21). The van der Waals surface area contributed by atoms with Crippen molar-refractivity contribution in [3.63, 3.8) is 0 Å². The topological polar surface area (TPSA) is 104 Å². The van der Waals surface area contributed by atoms with Gasteiger partial charge in [0.05, 0.1) is 17.1 Å². The summed E-state index contributed by atoms with van der Waals surface area (Å²) in [6, 6.07) is 8.05. The fraction of sp³-hybridized carbons (Fsp3) is 0.412. The van der Waals surface area contributed by atoms with E-state index < -0.39 is 10.0 Å². The summed E-state index contributed by atoms with van der Waals surface area (Å²) in [6.45, 7) is 1.93. The van der Waals surface area contributed by atoms with Crippen LogP contribution in [-0.2, 0) is 16.6 Å². The second kappa shape index (κ2) is 7.37. The van der Waals surface area contributed by atoms with Gasteiger partial charge in [-0.15, -0.1) is 0 Å². The molecule has 3 N–H and O–H groups in total. The van der Waals surface area contributed by atoms with Crippen LogP contribution in [0.25, 0.3) is 0 Å². The van der Waals surface area contributed by atoms with Gasteiger partial charge in [-0.2, -0.15) is 5.10 Å². The number of nitrogens with zero attached hydrogens (tertiary/aromatic N) is 1. The maximum absolute atomic E-state index is 12.5. The first kappa shape index (κ1) is 17.6. The maximum atomic E-state index is 12.5. The van der Waals surface area contributed by atoms with Crippen LogP contribution in [0, 0.1) is 6.92 Å². The van der Waals surface area contributed by atoms with Gasteiger partial charge in [0.2, 0.25) is 10.0 Å². The largest absolute Gasteiger partial charge is 0.349 e. The maximum Gasteiger partial charge on any atom is 0.251 e. The molecule has 25 heavy (non-hydrogen) atoms. The number of carbonyl (C=O) groups is 1. The number of benzene rings is 1. The van der Waals surface area contributed by atoms with Crippen LogP contribution in [0.5, 0.6) is 0 Å². The van der Waals surface area contributed by atoms with Crippen LogP contribution in [0.15, 0.2) is 35.2 Å². The molecule has 1 saturated carbocycles. The van der Waals surface area contributed by atoms with E-state index in [1.54, 1.807) is 18.2 Å². The summed E-state index contributed by atoms with van der Waals surface area (Å²) < 4.78 is 27.4. The van der Waals surface area contributed by atoms with Crippen molar-refractivity contribution in [1.29, 1.82) is 0 Å². The van der Waals surface area contributed by atoms with Gasteiger partial charge in [0, 0.05) is 17.3 Å². The highest BCUT2D eigenvalue weighted by atomic mass is 32.2. The number of rotatable bonds is 6. The molecular formula is C17H22N4O3S. The van der Waals surface area contributed by atoms with Crippen molar-refractivity contribution in [3.05, 3.63) is 47.3 Å². The Balaban J connectivity index is 1.69. The fourth-order valence-corrected chi connectivity index (χ4v) is 4.01. The molecule has 3 rings (SSSR count). The number of aryl methyl sites for hydroxylation is 1. The Bertz CT molecular complexity index is 854. The summed E-state index contributed by atoms with van der Waals surface area (Å²) in [5.74, 6) is -0.230. The highest BCUT2D eigenvalue weighted by Crippen LogP contribution is 2.19. The molecule has 0 unspecified atom stereocenters. The van der Waals surface area contributed by atoms with Crippen molar-refractivity contribution in [2.45, 2.75) is 50.1 Å². The van der Waals surface area contributed by atoms with Crippen LogP contribution in [0.4, 0.5) is 0 Å². The number of H-pyrrole nitrogens is 1. The number of aromatic amines is 1. The summed E-state index contributed by atoms with van der Waals surface area (Å²) in [4.78, 5) is 12.4. The zero-order chi connectivity index (χ0) is 17.9. The van der Waals surface area contributed by atoms with Gasteiger partial charge in [-0.1, -0.05) is 18.9 Å². The van der Waals surface area contributed by atoms with Crippen molar-refractivity contribution in [2.24, 2.45) is 0 Å². The number of hydrogen-bond donors (Lipinski definition) is 3. The molecule has 1 aromatic heterocycles. The van der Waals surface area contributed by atoms with Crippen LogP contribution >= 0.6 is 0 Å². The van der Waals surface area contributed by atoms with E-state index in [-0.39, 0.29) is 23.4 Å². The first-order chi connectivity index (χ1) is 11.9. The SMILES string of the molecule is Cc1cc(CNS(=O)(=O)c2cccc(C(=O)NC3CCCC3)c2)n[nH]1. The Morgan fingerprint density at radius 3 is 2.72 bits per heavy atom. The van der Waals surface area contributed by atoms with Crippen LogP contribution < -0.4 is 10.0 Å². The molecule has 1 amide bonds. The number of sulfonamides is 1. The smallest absolute Gasteiger partial charge is 0.251 e. The Morgan fingerprint density at radius 2 is 2.04 bits per heavy atom. The predicted octanol–water partition coefficient (Wildman–Crippen LogP) is 1.87. The van der Waals surface area contributed by atoms with Gasteiger partial charge in [-0.05, 0) is 44.0 Å². The van der Waals surface area contributed by atoms with Crippen LogP contribution in [0.2, 0.25) is 0 Å². The Labute approximate surface area is 147 Å². The summed E-state index contributed by atoms with van der Waals surface area (Å²) >= 11 is 0. The molecule has 8 heteroatoms. The highest BCUT2D eigenvalue weighted by molar-refractivity contribution is 7.89. The van der Waals surface area contributed by atoms with Crippen molar-refractivity contribution < 1.29 is 13.2 Å². The summed E-state index contributed by atoms with van der Waals surface area (Å²) in [5.41, 5.74) is 1.82. The molecule has 0 aliphatic heterocycles. The number of amides is 1. The summed E-state index contributed by atoms with van der Waals surface area (Å²) in [5, 5.41) is 9.73. The molecule has 0 bridgehead atoms. The van der Waals surface area contributed by atoms with Crippen LogP contribution in [0.1, 0.15) is 47.4 Å². The first-order valence-electron chi connectivity index (χ1n) is 8.35. The normalized spacial score (nSPS) is 15.4. The second-order valence-electron chi connectivity index (χ2n) is 6.35. The van der Waals surface area contributed by atoms with E-state index in [4.69, 9.17) is 0 Å². The van der Waals surface area contributed by atoms with E-state index in [1.807, 2.05) is 6.92 Å². The second-order valence-corrected chi connectivity index (χ2v) is 8.12. The molecule has 0 radical (unpaired) electrons. The molecule has 0 saturated heterocycles. The number of nitrogens with one attached hydrogen (secondary N) is 3. The van der Waals surface area contributed by atoms with Gasteiger partial charge in [0.1, 0.15) is 0 Å². The highest BCUT2D eigenvalue weighted by Gasteiger charge is 2.20. The quantitative estimate of drug-likeness (QED) is 0.730. The molecule has 1 aliphatic rings. The minimum Gasteiger partial charge on any atom is -0.349 e. The van der Waals surface area contributed by atoms with Crippen molar-refractivity contribution in [3.8, 4) is 0 Å². The monoisotopic (exact) mass is 362 g/mol. The molecule has 1 aliphatic carbocycles. The van der Waals surface area contributed by atoms with E-state index in [0.29, 0.717) is 11.3 Å². The Hall–Kier alpha value is -2.19. The van der Waals surface area contributed by atoms with Gasteiger partial charge in [-0.25, -0.2) is 13.1 Å². The van der Waals surface area contributed by atoms with Crippen molar-refractivity contribution >= 4 is 15.9 Å². The third kappa shape index (κ3) is 4.46. The number of hydrogen-bond acceptors (Lipinski definition) is 4. The minimum absolute atomic E-state index is 0.0684. The summed E-state index contributed by atoms with van der Waals surface area (Å²) in [7, 11) is -3.72. The molecule has 1 aromatic carbocycles. The van der Waals surface area contributed by atoms with Gasteiger partial charge < -0.3 is 5.32 Å². The average Bonchev–Trinajstić information content (AvgIpc) is 3.25. The fourth-order valence-electron chi connectivity index (χ4n) is 2.96. The molecule has 2 aromatic rings. The van der Waals surface area contributed by atoms with Crippen molar-refractivity contribution in [2.75, 3.05) is 0 Å². The zero-order valence-electron chi connectivity index (χ0n) is 14.1. The van der Waals surface area contributed by atoms with Gasteiger partial charge in [0.25, 0.3) is 5.91 Å². The molecule has 1 heterocycles. The van der Waals surface area contributed by atoms with Crippen LogP contribution in [0.3, 0.4) is 0 Å². The Morgan fingerprint density at radius 1 is 1.28 bits per heavy atom. The molecule has 0 atom stereocenters. The molecular weight excluding hydrogens is 340 g/mol. The van der Waals surface area contributed by atoms with Crippen molar-refractivity contribution in [1.82, 2.24) is 20.2 Å². The van der Waals surface area contributed by atoms with E-state index in [1.165, 1.54) is 12.1 Å². The van der Waals surface area contributed by atoms with E-state index in [2.05, 4.69) is 20.2 Å².